The number of rotatable bonds is 3. The van der Waals surface area contributed by atoms with E-state index >= 15 is 0 Å². The molecular formula is C17H26N2. The van der Waals surface area contributed by atoms with Gasteiger partial charge in [-0.3, -0.25) is 4.90 Å². The fraction of sp³-hybridized carbons (Fsp3) is 0.647. The van der Waals surface area contributed by atoms with Crippen LogP contribution < -0.4 is 5.32 Å². The summed E-state index contributed by atoms with van der Waals surface area (Å²) < 4.78 is 0. The molecule has 1 heterocycles. The Morgan fingerprint density at radius 1 is 1.32 bits per heavy atom. The molecule has 0 spiro atoms. The first-order chi connectivity index (χ1) is 9.22. The van der Waals surface area contributed by atoms with Gasteiger partial charge in [-0.05, 0) is 44.8 Å². The largest absolute Gasteiger partial charge is 0.310 e. The van der Waals surface area contributed by atoms with E-state index in [1.54, 1.807) is 0 Å². The molecule has 3 unspecified atom stereocenters. The van der Waals surface area contributed by atoms with Crippen molar-refractivity contribution in [1.29, 1.82) is 0 Å². The summed E-state index contributed by atoms with van der Waals surface area (Å²) in [7, 11) is 0. The minimum atomic E-state index is 0.306. The summed E-state index contributed by atoms with van der Waals surface area (Å²) in [6.45, 7) is 8.32. The molecule has 1 aliphatic heterocycles. The Labute approximate surface area is 117 Å². The Balaban J connectivity index is 1.67. The molecule has 3 rings (SSSR count). The molecule has 1 saturated heterocycles. The third kappa shape index (κ3) is 2.85. The molecule has 3 atom stereocenters. The van der Waals surface area contributed by atoms with E-state index in [2.05, 4.69) is 54.4 Å². The summed E-state index contributed by atoms with van der Waals surface area (Å²) in [4.78, 5) is 2.74. The maximum Gasteiger partial charge on any atom is 0.0277 e. The first-order valence-electron chi connectivity index (χ1n) is 7.76. The highest BCUT2D eigenvalue weighted by Crippen LogP contribution is 2.45. The van der Waals surface area contributed by atoms with Crippen molar-refractivity contribution in [2.75, 3.05) is 19.6 Å². The first kappa shape index (κ1) is 13.1. The van der Waals surface area contributed by atoms with Crippen LogP contribution in [-0.4, -0.2) is 36.1 Å². The SMILES string of the molecule is CCC1(C)CN(C2CC2c2ccccc2)CCCN1. The van der Waals surface area contributed by atoms with Gasteiger partial charge in [-0.25, -0.2) is 0 Å². The van der Waals surface area contributed by atoms with Crippen molar-refractivity contribution in [2.45, 2.75) is 50.6 Å². The molecule has 2 aliphatic rings. The van der Waals surface area contributed by atoms with Crippen LogP contribution in [0.1, 0.15) is 44.6 Å². The molecule has 2 nitrogen and oxygen atoms in total. The fourth-order valence-electron chi connectivity index (χ4n) is 3.42. The van der Waals surface area contributed by atoms with Gasteiger partial charge in [-0.15, -0.1) is 0 Å². The quantitative estimate of drug-likeness (QED) is 0.896. The number of nitrogens with zero attached hydrogens (tertiary/aromatic N) is 1. The zero-order valence-corrected chi connectivity index (χ0v) is 12.2. The summed E-state index contributed by atoms with van der Waals surface area (Å²) in [5.74, 6) is 0.778. The molecule has 0 aromatic heterocycles. The van der Waals surface area contributed by atoms with E-state index in [0.717, 1.165) is 12.0 Å². The van der Waals surface area contributed by atoms with Crippen LogP contribution in [0.2, 0.25) is 0 Å². The van der Waals surface area contributed by atoms with E-state index in [0.29, 0.717) is 5.54 Å². The number of hydrogen-bond acceptors (Lipinski definition) is 2. The average molecular weight is 258 g/mol. The Morgan fingerprint density at radius 3 is 2.84 bits per heavy atom. The van der Waals surface area contributed by atoms with Crippen molar-refractivity contribution >= 4 is 0 Å². The van der Waals surface area contributed by atoms with Crippen LogP contribution >= 0.6 is 0 Å². The third-order valence-corrected chi connectivity index (χ3v) is 4.96. The Morgan fingerprint density at radius 2 is 2.11 bits per heavy atom. The van der Waals surface area contributed by atoms with Crippen molar-refractivity contribution in [1.82, 2.24) is 10.2 Å². The van der Waals surface area contributed by atoms with Gasteiger partial charge in [0.15, 0.2) is 0 Å². The molecule has 0 amide bonds. The van der Waals surface area contributed by atoms with Crippen molar-refractivity contribution in [2.24, 2.45) is 0 Å². The van der Waals surface area contributed by atoms with Crippen LogP contribution in [0, 0.1) is 0 Å². The lowest BCUT2D eigenvalue weighted by Gasteiger charge is -2.33. The first-order valence-corrected chi connectivity index (χ1v) is 7.76. The lowest BCUT2D eigenvalue weighted by Crippen LogP contribution is -2.49. The maximum atomic E-state index is 3.73. The standard InChI is InChI=1S/C17H26N2/c1-3-17(2)13-19(11-7-10-18-17)16-12-15(16)14-8-5-4-6-9-14/h4-6,8-9,15-16,18H,3,7,10-13H2,1-2H3. The maximum absolute atomic E-state index is 3.73. The molecular weight excluding hydrogens is 232 g/mol. The Hall–Kier alpha value is -0.860. The molecule has 1 aromatic rings. The van der Waals surface area contributed by atoms with E-state index in [1.807, 2.05) is 0 Å². The summed E-state index contributed by atoms with van der Waals surface area (Å²) in [6.07, 6.45) is 3.85. The normalized spacial score (nSPS) is 35.9. The summed E-state index contributed by atoms with van der Waals surface area (Å²) >= 11 is 0. The highest BCUT2D eigenvalue weighted by molar-refractivity contribution is 5.28. The van der Waals surface area contributed by atoms with Gasteiger partial charge in [0.2, 0.25) is 0 Å². The van der Waals surface area contributed by atoms with Gasteiger partial charge in [-0.1, -0.05) is 37.3 Å². The molecule has 2 heteroatoms. The second-order valence-corrected chi connectivity index (χ2v) is 6.49. The van der Waals surface area contributed by atoms with Crippen LogP contribution in [0.5, 0.6) is 0 Å². The van der Waals surface area contributed by atoms with Crippen molar-refractivity contribution in [3.63, 3.8) is 0 Å². The van der Waals surface area contributed by atoms with Crippen molar-refractivity contribution in [3.05, 3.63) is 35.9 Å². The molecule has 1 aliphatic carbocycles. The van der Waals surface area contributed by atoms with Gasteiger partial charge in [0.05, 0.1) is 0 Å². The summed E-state index contributed by atoms with van der Waals surface area (Å²) in [6, 6.07) is 11.8. The van der Waals surface area contributed by atoms with Gasteiger partial charge in [0, 0.05) is 24.0 Å². The van der Waals surface area contributed by atoms with E-state index in [9.17, 15) is 0 Å². The van der Waals surface area contributed by atoms with Crippen LogP contribution in [0.4, 0.5) is 0 Å². The number of nitrogens with one attached hydrogen (secondary N) is 1. The summed E-state index contributed by atoms with van der Waals surface area (Å²) in [5.41, 5.74) is 1.84. The lowest BCUT2D eigenvalue weighted by atomic mass is 9.98. The number of benzene rings is 1. The van der Waals surface area contributed by atoms with E-state index in [-0.39, 0.29) is 0 Å². The second-order valence-electron chi connectivity index (χ2n) is 6.49. The fourth-order valence-corrected chi connectivity index (χ4v) is 3.42. The van der Waals surface area contributed by atoms with Crippen LogP contribution in [0.25, 0.3) is 0 Å². The Kier molecular flexibility index (Phi) is 3.64. The zero-order chi connectivity index (χ0) is 13.3. The Bertz CT molecular complexity index is 417. The van der Waals surface area contributed by atoms with Gasteiger partial charge >= 0.3 is 0 Å². The van der Waals surface area contributed by atoms with E-state index in [1.165, 1.54) is 44.5 Å². The van der Waals surface area contributed by atoms with Gasteiger partial charge in [0.25, 0.3) is 0 Å². The van der Waals surface area contributed by atoms with E-state index in [4.69, 9.17) is 0 Å². The zero-order valence-electron chi connectivity index (χ0n) is 12.2. The molecule has 2 fully saturated rings. The molecule has 0 radical (unpaired) electrons. The van der Waals surface area contributed by atoms with Crippen LogP contribution in [-0.2, 0) is 0 Å². The van der Waals surface area contributed by atoms with Crippen molar-refractivity contribution < 1.29 is 0 Å². The predicted octanol–water partition coefficient (Wildman–Crippen LogP) is 3.01. The highest BCUT2D eigenvalue weighted by atomic mass is 15.2. The molecule has 104 valence electrons. The molecule has 0 bridgehead atoms. The molecule has 1 N–H and O–H groups in total. The molecule has 1 saturated carbocycles. The second kappa shape index (κ2) is 5.26. The van der Waals surface area contributed by atoms with Crippen LogP contribution in [0.15, 0.2) is 30.3 Å². The van der Waals surface area contributed by atoms with Crippen molar-refractivity contribution in [3.8, 4) is 0 Å². The van der Waals surface area contributed by atoms with E-state index < -0.39 is 0 Å². The predicted molar refractivity (Wildman–Crippen MR) is 80.5 cm³/mol. The average Bonchev–Trinajstić information content (AvgIpc) is 3.24. The third-order valence-electron chi connectivity index (χ3n) is 4.96. The lowest BCUT2D eigenvalue weighted by molar-refractivity contribution is 0.204. The van der Waals surface area contributed by atoms with Gasteiger partial charge in [0.1, 0.15) is 0 Å². The van der Waals surface area contributed by atoms with Gasteiger partial charge in [-0.2, -0.15) is 0 Å². The molecule has 19 heavy (non-hydrogen) atoms. The minimum Gasteiger partial charge on any atom is -0.310 e. The van der Waals surface area contributed by atoms with Gasteiger partial charge < -0.3 is 5.32 Å². The highest BCUT2D eigenvalue weighted by Gasteiger charge is 2.44. The minimum absolute atomic E-state index is 0.306. The topological polar surface area (TPSA) is 15.3 Å². The smallest absolute Gasteiger partial charge is 0.0277 e. The van der Waals surface area contributed by atoms with Crippen LogP contribution in [0.3, 0.4) is 0 Å². The summed E-state index contributed by atoms with van der Waals surface area (Å²) in [5, 5.41) is 3.73. The monoisotopic (exact) mass is 258 g/mol. The number of hydrogen-bond donors (Lipinski definition) is 1. The molecule has 1 aromatic carbocycles.